The van der Waals surface area contributed by atoms with Crippen molar-refractivity contribution >= 4 is 17.3 Å². The molecule has 1 unspecified atom stereocenters. The van der Waals surface area contributed by atoms with Crippen LogP contribution in [0.1, 0.15) is 0 Å². The van der Waals surface area contributed by atoms with Crippen molar-refractivity contribution < 1.29 is 9.50 Å². The molecular weight excluding hydrogens is 257 g/mol. The number of aliphatic hydroxyl groups is 1. The highest BCUT2D eigenvalue weighted by Crippen LogP contribution is 2.17. The van der Waals surface area contributed by atoms with E-state index in [1.165, 1.54) is 12.1 Å². The number of nitrogens with one attached hydrogen (secondary N) is 1. The van der Waals surface area contributed by atoms with E-state index in [1.807, 2.05) is 0 Å². The molecule has 1 heterocycles. The quantitative estimate of drug-likeness (QED) is 0.874. The highest BCUT2D eigenvalue weighted by Gasteiger charge is 2.06. The Morgan fingerprint density at radius 2 is 2.28 bits per heavy atom. The number of aliphatic hydroxyl groups excluding tert-OH is 1. The summed E-state index contributed by atoms with van der Waals surface area (Å²) < 4.78 is 14.7. The van der Waals surface area contributed by atoms with Crippen molar-refractivity contribution in [3.8, 4) is 0 Å². The molecule has 0 saturated heterocycles. The van der Waals surface area contributed by atoms with Crippen LogP contribution in [0.5, 0.6) is 0 Å². The molecule has 4 nitrogen and oxygen atoms in total. The van der Waals surface area contributed by atoms with Crippen molar-refractivity contribution in [1.29, 1.82) is 0 Å². The Labute approximate surface area is 109 Å². The molecule has 0 aliphatic carbocycles. The van der Waals surface area contributed by atoms with Crippen molar-refractivity contribution in [3.05, 3.63) is 47.5 Å². The number of halogens is 2. The van der Waals surface area contributed by atoms with Crippen molar-refractivity contribution in [2.45, 2.75) is 12.6 Å². The summed E-state index contributed by atoms with van der Waals surface area (Å²) in [5.41, 5.74) is 0.541. The Morgan fingerprint density at radius 1 is 1.44 bits per heavy atom. The van der Waals surface area contributed by atoms with Crippen LogP contribution in [0, 0.1) is 5.82 Å². The minimum absolute atomic E-state index is 0.291. The monoisotopic (exact) mass is 269 g/mol. The van der Waals surface area contributed by atoms with Crippen LogP contribution in [0.15, 0.2) is 36.7 Å². The molecule has 18 heavy (non-hydrogen) atoms. The lowest BCUT2D eigenvalue weighted by Gasteiger charge is -2.13. The third-order valence-corrected chi connectivity index (χ3v) is 2.58. The first kappa shape index (κ1) is 12.9. The fraction of sp³-hybridized carbons (Fsp3) is 0.250. The van der Waals surface area contributed by atoms with Crippen molar-refractivity contribution in [2.75, 3.05) is 11.9 Å². The Balaban J connectivity index is 1.87. The summed E-state index contributed by atoms with van der Waals surface area (Å²) in [6.07, 6.45) is 2.79. The molecule has 0 aliphatic heterocycles. The van der Waals surface area contributed by atoms with Crippen LogP contribution in [-0.2, 0) is 6.54 Å². The zero-order chi connectivity index (χ0) is 13.0. The van der Waals surface area contributed by atoms with Gasteiger partial charge >= 0.3 is 0 Å². The van der Waals surface area contributed by atoms with E-state index >= 15 is 0 Å². The molecule has 6 heteroatoms. The Hall–Kier alpha value is -1.59. The molecule has 96 valence electrons. The van der Waals surface area contributed by atoms with Gasteiger partial charge in [-0.1, -0.05) is 11.6 Å². The molecule has 2 aromatic rings. The maximum atomic E-state index is 13.1. The highest BCUT2D eigenvalue weighted by atomic mass is 35.5. The number of hydrogen-bond donors (Lipinski definition) is 2. The molecule has 0 fully saturated rings. The molecule has 2 rings (SSSR count). The summed E-state index contributed by atoms with van der Waals surface area (Å²) in [5, 5.41) is 17.0. The number of hydrogen-bond acceptors (Lipinski definition) is 3. The van der Waals surface area contributed by atoms with E-state index in [1.54, 1.807) is 29.2 Å². The van der Waals surface area contributed by atoms with Gasteiger partial charge in [0.15, 0.2) is 0 Å². The van der Waals surface area contributed by atoms with Crippen LogP contribution >= 0.6 is 11.6 Å². The zero-order valence-corrected chi connectivity index (χ0v) is 10.3. The second kappa shape index (κ2) is 5.84. The average Bonchev–Trinajstić information content (AvgIpc) is 2.78. The summed E-state index contributed by atoms with van der Waals surface area (Å²) in [6.45, 7) is 0.669. The Kier molecular flexibility index (Phi) is 4.17. The van der Waals surface area contributed by atoms with Gasteiger partial charge in [-0.3, -0.25) is 4.68 Å². The van der Waals surface area contributed by atoms with Crippen LogP contribution < -0.4 is 5.32 Å². The molecule has 0 spiro atoms. The maximum Gasteiger partial charge on any atom is 0.126 e. The van der Waals surface area contributed by atoms with Crippen LogP contribution in [0.25, 0.3) is 0 Å². The Morgan fingerprint density at radius 3 is 2.94 bits per heavy atom. The summed E-state index contributed by atoms with van der Waals surface area (Å²) in [7, 11) is 0. The third-order valence-electron chi connectivity index (χ3n) is 2.36. The van der Waals surface area contributed by atoms with Gasteiger partial charge in [0.25, 0.3) is 0 Å². The topological polar surface area (TPSA) is 50.1 Å². The molecule has 0 bridgehead atoms. The van der Waals surface area contributed by atoms with Crippen LogP contribution in [0.4, 0.5) is 10.1 Å². The first-order valence-electron chi connectivity index (χ1n) is 5.49. The minimum Gasteiger partial charge on any atom is -0.389 e. The predicted molar refractivity (Wildman–Crippen MR) is 68.1 cm³/mol. The lowest BCUT2D eigenvalue weighted by molar-refractivity contribution is 0.161. The molecule has 2 N–H and O–H groups in total. The molecule has 0 radical (unpaired) electrons. The van der Waals surface area contributed by atoms with E-state index in [2.05, 4.69) is 10.4 Å². The number of benzene rings is 1. The first-order valence-corrected chi connectivity index (χ1v) is 5.87. The maximum absolute atomic E-state index is 13.1. The predicted octanol–water partition coefficient (Wildman–Crippen LogP) is 2.15. The van der Waals surface area contributed by atoms with Crippen LogP contribution in [0.2, 0.25) is 5.02 Å². The van der Waals surface area contributed by atoms with Crippen molar-refractivity contribution in [3.63, 3.8) is 0 Å². The van der Waals surface area contributed by atoms with Gasteiger partial charge in [-0.25, -0.2) is 4.39 Å². The zero-order valence-electron chi connectivity index (χ0n) is 9.55. The fourth-order valence-corrected chi connectivity index (χ4v) is 1.80. The van der Waals surface area contributed by atoms with Crippen molar-refractivity contribution in [2.24, 2.45) is 0 Å². The van der Waals surface area contributed by atoms with Crippen LogP contribution in [0.3, 0.4) is 0 Å². The van der Waals surface area contributed by atoms with Crippen molar-refractivity contribution in [1.82, 2.24) is 9.78 Å². The van der Waals surface area contributed by atoms with Gasteiger partial charge in [-0.15, -0.1) is 0 Å². The summed E-state index contributed by atoms with van der Waals surface area (Å²) in [5.74, 6) is -0.411. The molecule has 0 amide bonds. The second-order valence-electron chi connectivity index (χ2n) is 3.92. The van der Waals surface area contributed by atoms with Gasteiger partial charge in [0, 0.05) is 29.6 Å². The molecule has 0 saturated carbocycles. The van der Waals surface area contributed by atoms with E-state index in [4.69, 9.17) is 11.6 Å². The second-order valence-corrected chi connectivity index (χ2v) is 4.36. The smallest absolute Gasteiger partial charge is 0.126 e. The average molecular weight is 270 g/mol. The highest BCUT2D eigenvalue weighted by molar-refractivity contribution is 6.30. The van der Waals surface area contributed by atoms with Gasteiger partial charge in [-0.2, -0.15) is 5.10 Å². The SMILES string of the molecule is OC(CNc1cc(F)cc(Cl)c1)Cn1cccn1. The minimum atomic E-state index is -0.619. The number of nitrogens with zero attached hydrogens (tertiary/aromatic N) is 2. The number of rotatable bonds is 5. The normalized spacial score (nSPS) is 12.4. The molecular formula is C12H13ClFN3O. The largest absolute Gasteiger partial charge is 0.389 e. The van der Waals surface area contributed by atoms with E-state index < -0.39 is 11.9 Å². The molecule has 1 aromatic carbocycles. The fourth-order valence-electron chi connectivity index (χ4n) is 1.58. The lowest BCUT2D eigenvalue weighted by atomic mass is 10.3. The summed E-state index contributed by atoms with van der Waals surface area (Å²) in [6, 6.07) is 5.94. The van der Waals surface area contributed by atoms with Gasteiger partial charge in [-0.05, 0) is 24.3 Å². The van der Waals surface area contributed by atoms with Gasteiger partial charge in [0.2, 0.25) is 0 Å². The lowest BCUT2D eigenvalue weighted by Crippen LogP contribution is -2.25. The van der Waals surface area contributed by atoms with Gasteiger partial charge in [0.05, 0.1) is 12.6 Å². The number of aromatic nitrogens is 2. The molecule has 1 aromatic heterocycles. The summed E-state index contributed by atoms with van der Waals surface area (Å²) >= 11 is 5.72. The first-order chi connectivity index (χ1) is 8.63. The van der Waals surface area contributed by atoms with E-state index in [9.17, 15) is 9.50 Å². The van der Waals surface area contributed by atoms with E-state index in [0.717, 1.165) is 0 Å². The van der Waals surface area contributed by atoms with Gasteiger partial charge in [0.1, 0.15) is 5.82 Å². The Bertz CT molecular complexity index is 484. The summed E-state index contributed by atoms with van der Waals surface area (Å²) in [4.78, 5) is 0. The number of anilines is 1. The van der Waals surface area contributed by atoms with E-state index in [0.29, 0.717) is 23.8 Å². The van der Waals surface area contributed by atoms with E-state index in [-0.39, 0.29) is 0 Å². The third kappa shape index (κ3) is 3.72. The van der Waals surface area contributed by atoms with Gasteiger partial charge < -0.3 is 10.4 Å². The molecule has 0 aliphatic rings. The molecule has 1 atom stereocenters. The standard InChI is InChI=1S/C12H13ClFN3O/c13-9-4-10(14)6-11(5-9)15-7-12(18)8-17-3-1-2-16-17/h1-6,12,15,18H,7-8H2. The van der Waals surface area contributed by atoms with Crippen LogP contribution in [-0.4, -0.2) is 27.5 Å².